The number of fused-ring (bicyclic) bond motifs is 1. The third kappa shape index (κ3) is 4.50. The average molecular weight is 430 g/mol. The van der Waals surface area contributed by atoms with E-state index in [1.165, 1.54) is 12.1 Å². The Morgan fingerprint density at radius 2 is 1.73 bits per heavy atom. The Bertz CT molecular complexity index is 1300. The number of rotatable bonds is 4. The van der Waals surface area contributed by atoms with Gasteiger partial charge >= 0.3 is 6.18 Å². The predicted octanol–water partition coefficient (Wildman–Crippen LogP) is 4.25. The highest BCUT2D eigenvalue weighted by Gasteiger charge is 2.37. The summed E-state index contributed by atoms with van der Waals surface area (Å²) in [5.74, 6) is -1.11. The van der Waals surface area contributed by atoms with Crippen LogP contribution in [0.1, 0.15) is 16.7 Å². The molecular formula is C21H13F3N2O3S. The molecule has 0 radical (unpaired) electrons. The van der Waals surface area contributed by atoms with Crippen molar-refractivity contribution in [2.75, 3.05) is 0 Å². The molecule has 3 aromatic carbocycles. The fourth-order valence-corrected chi connectivity index (χ4v) is 3.99. The normalized spacial score (nSPS) is 12.1. The van der Waals surface area contributed by atoms with E-state index in [0.29, 0.717) is 17.7 Å². The second-order valence-corrected chi connectivity index (χ2v) is 7.84. The summed E-state index contributed by atoms with van der Waals surface area (Å²) >= 11 is 0. The van der Waals surface area contributed by atoms with Gasteiger partial charge in [-0.15, -0.1) is 0 Å². The van der Waals surface area contributed by atoms with Gasteiger partial charge in [0.15, 0.2) is 0 Å². The maximum Gasteiger partial charge on any atom is 0.417 e. The molecule has 9 heteroatoms. The molecule has 0 saturated carbocycles. The van der Waals surface area contributed by atoms with Gasteiger partial charge in [0.25, 0.3) is 15.9 Å². The zero-order valence-corrected chi connectivity index (χ0v) is 16.0. The number of nitriles is 1. The van der Waals surface area contributed by atoms with Crippen LogP contribution in [0, 0.1) is 11.3 Å². The van der Waals surface area contributed by atoms with E-state index in [-0.39, 0.29) is 5.56 Å². The van der Waals surface area contributed by atoms with Gasteiger partial charge in [-0.25, -0.2) is 13.1 Å². The lowest BCUT2D eigenvalue weighted by Crippen LogP contribution is -2.30. The molecule has 3 rings (SSSR count). The number of hydrogen-bond donors (Lipinski definition) is 1. The van der Waals surface area contributed by atoms with Crippen molar-refractivity contribution in [3.63, 3.8) is 0 Å². The van der Waals surface area contributed by atoms with Gasteiger partial charge in [-0.05, 0) is 40.6 Å². The first-order chi connectivity index (χ1) is 14.1. The molecular weight excluding hydrogens is 417 g/mol. The van der Waals surface area contributed by atoms with Gasteiger partial charge in [0, 0.05) is 6.08 Å². The van der Waals surface area contributed by atoms with E-state index in [1.54, 1.807) is 22.9 Å². The number of halogens is 3. The Morgan fingerprint density at radius 1 is 1.03 bits per heavy atom. The van der Waals surface area contributed by atoms with E-state index in [4.69, 9.17) is 5.26 Å². The Hall–Kier alpha value is -3.64. The van der Waals surface area contributed by atoms with Gasteiger partial charge in [-0.1, -0.05) is 42.5 Å². The van der Waals surface area contributed by atoms with Crippen LogP contribution in [-0.4, -0.2) is 14.3 Å². The molecule has 3 aromatic rings. The number of carbonyl (C=O) groups excluding carboxylic acids is 1. The lowest BCUT2D eigenvalue weighted by Gasteiger charge is -2.13. The predicted molar refractivity (Wildman–Crippen MR) is 104 cm³/mol. The van der Waals surface area contributed by atoms with Crippen LogP contribution in [0.3, 0.4) is 0 Å². The molecule has 0 bridgehead atoms. The fourth-order valence-electron chi connectivity index (χ4n) is 2.84. The van der Waals surface area contributed by atoms with Gasteiger partial charge in [0.05, 0.1) is 22.1 Å². The third-order valence-corrected chi connectivity index (χ3v) is 5.58. The molecule has 1 amide bonds. The Balaban J connectivity index is 1.90. The van der Waals surface area contributed by atoms with Crippen LogP contribution in [0.15, 0.2) is 71.6 Å². The molecule has 0 aliphatic rings. The summed E-state index contributed by atoms with van der Waals surface area (Å²) in [7, 11) is -4.83. The third-order valence-electron chi connectivity index (χ3n) is 4.18. The molecule has 0 aliphatic carbocycles. The number of alkyl halides is 3. The topological polar surface area (TPSA) is 87.0 Å². The number of nitrogens with zero attached hydrogens (tertiary/aromatic N) is 1. The van der Waals surface area contributed by atoms with E-state index in [0.717, 1.165) is 22.9 Å². The largest absolute Gasteiger partial charge is 0.417 e. The first-order valence-corrected chi connectivity index (χ1v) is 9.94. The zero-order valence-electron chi connectivity index (χ0n) is 15.1. The summed E-state index contributed by atoms with van der Waals surface area (Å²) in [4.78, 5) is 11.0. The number of carbonyl (C=O) groups is 1. The van der Waals surface area contributed by atoms with Crippen LogP contribution in [-0.2, 0) is 21.0 Å². The van der Waals surface area contributed by atoms with Crippen molar-refractivity contribution >= 4 is 32.8 Å². The van der Waals surface area contributed by atoms with E-state index < -0.39 is 32.6 Å². The molecule has 0 heterocycles. The number of hydrogen-bond acceptors (Lipinski definition) is 4. The van der Waals surface area contributed by atoms with Crippen molar-refractivity contribution in [2.24, 2.45) is 0 Å². The van der Waals surface area contributed by atoms with Crippen LogP contribution in [0.2, 0.25) is 0 Å². The minimum Gasteiger partial charge on any atom is -0.269 e. The molecule has 0 atom stereocenters. The second-order valence-electron chi connectivity index (χ2n) is 6.19. The summed E-state index contributed by atoms with van der Waals surface area (Å²) < 4.78 is 66.1. The fraction of sp³-hybridized carbons (Fsp3) is 0.0476. The standard InChI is InChI=1S/C21H13F3N2O3S/c22-21(23,24)18-12-14(13-25)8-10-19(18)30(28,29)26-20(27)11-9-16-6-3-5-15-4-1-2-7-17(15)16/h1-12H,(H,26,27)/b11-9+. The van der Waals surface area contributed by atoms with Gasteiger partial charge in [-0.3, -0.25) is 4.79 Å². The van der Waals surface area contributed by atoms with Gasteiger partial charge in [-0.2, -0.15) is 18.4 Å². The Kier molecular flexibility index (Phi) is 5.62. The van der Waals surface area contributed by atoms with Crippen LogP contribution < -0.4 is 4.72 Å². The van der Waals surface area contributed by atoms with Crippen LogP contribution in [0.5, 0.6) is 0 Å². The summed E-state index contributed by atoms with van der Waals surface area (Å²) in [5.41, 5.74) is -1.25. The van der Waals surface area contributed by atoms with Crippen molar-refractivity contribution in [1.82, 2.24) is 4.72 Å². The van der Waals surface area contributed by atoms with Crippen LogP contribution in [0.25, 0.3) is 16.8 Å². The van der Waals surface area contributed by atoms with Crippen molar-refractivity contribution in [2.45, 2.75) is 11.1 Å². The molecule has 1 N–H and O–H groups in total. The van der Waals surface area contributed by atoms with E-state index in [1.807, 2.05) is 24.3 Å². The SMILES string of the molecule is N#Cc1ccc(S(=O)(=O)NC(=O)/C=C/c2cccc3ccccc23)c(C(F)(F)F)c1. The maximum atomic E-state index is 13.2. The van der Waals surface area contributed by atoms with E-state index in [2.05, 4.69) is 0 Å². The van der Waals surface area contributed by atoms with Gasteiger partial charge in [0.1, 0.15) is 0 Å². The second kappa shape index (κ2) is 8.00. The van der Waals surface area contributed by atoms with Crippen molar-refractivity contribution in [1.29, 1.82) is 5.26 Å². The lowest BCUT2D eigenvalue weighted by molar-refractivity contribution is -0.140. The molecule has 0 spiro atoms. The molecule has 0 saturated heterocycles. The first-order valence-electron chi connectivity index (χ1n) is 8.46. The summed E-state index contributed by atoms with van der Waals surface area (Å²) in [6.45, 7) is 0. The van der Waals surface area contributed by atoms with Crippen molar-refractivity contribution < 1.29 is 26.4 Å². The van der Waals surface area contributed by atoms with Gasteiger partial charge in [0.2, 0.25) is 0 Å². The lowest BCUT2D eigenvalue weighted by atomic mass is 10.0. The Labute approximate surface area is 170 Å². The van der Waals surface area contributed by atoms with Crippen LogP contribution in [0.4, 0.5) is 13.2 Å². The number of sulfonamides is 1. The molecule has 152 valence electrons. The molecule has 0 aliphatic heterocycles. The minimum atomic E-state index is -5.03. The number of benzene rings is 3. The highest BCUT2D eigenvalue weighted by molar-refractivity contribution is 7.90. The van der Waals surface area contributed by atoms with Crippen molar-refractivity contribution in [3.8, 4) is 6.07 Å². The van der Waals surface area contributed by atoms with E-state index in [9.17, 15) is 26.4 Å². The highest BCUT2D eigenvalue weighted by Crippen LogP contribution is 2.34. The number of amides is 1. The summed E-state index contributed by atoms with van der Waals surface area (Å²) in [6.07, 6.45) is -2.73. The van der Waals surface area contributed by atoms with Crippen LogP contribution >= 0.6 is 0 Å². The van der Waals surface area contributed by atoms with E-state index >= 15 is 0 Å². The maximum absolute atomic E-state index is 13.2. The monoisotopic (exact) mass is 430 g/mol. The Morgan fingerprint density at radius 3 is 2.43 bits per heavy atom. The number of nitrogens with one attached hydrogen (secondary N) is 1. The smallest absolute Gasteiger partial charge is 0.269 e. The summed E-state index contributed by atoms with van der Waals surface area (Å²) in [5, 5.41) is 10.5. The first kappa shape index (κ1) is 21.1. The minimum absolute atomic E-state index is 0.358. The average Bonchev–Trinajstić information content (AvgIpc) is 2.70. The van der Waals surface area contributed by atoms with Crippen molar-refractivity contribution in [3.05, 3.63) is 83.4 Å². The zero-order chi connectivity index (χ0) is 21.9. The molecule has 5 nitrogen and oxygen atoms in total. The molecule has 0 unspecified atom stereocenters. The highest BCUT2D eigenvalue weighted by atomic mass is 32.2. The quantitative estimate of drug-likeness (QED) is 0.627. The van der Waals surface area contributed by atoms with Gasteiger partial charge < -0.3 is 0 Å². The molecule has 0 fully saturated rings. The summed E-state index contributed by atoms with van der Waals surface area (Å²) in [6, 6.07) is 16.2. The molecule has 0 aromatic heterocycles. The molecule has 30 heavy (non-hydrogen) atoms.